The predicted molar refractivity (Wildman–Crippen MR) is 132 cm³/mol. The van der Waals surface area contributed by atoms with Gasteiger partial charge in [-0.2, -0.15) is 0 Å². The van der Waals surface area contributed by atoms with E-state index in [1.54, 1.807) is 44.2 Å². The van der Waals surface area contributed by atoms with Gasteiger partial charge in [0, 0.05) is 11.4 Å². The highest BCUT2D eigenvalue weighted by Crippen LogP contribution is 2.31. The Morgan fingerprint density at radius 1 is 1.15 bits per heavy atom. The summed E-state index contributed by atoms with van der Waals surface area (Å²) >= 11 is 4.68. The fourth-order valence-electron chi connectivity index (χ4n) is 3.70. The molecular weight excluding hydrogens is 520 g/mol. The number of hydrogen-bond donors (Lipinski definition) is 0. The van der Waals surface area contributed by atoms with Crippen molar-refractivity contribution in [1.82, 2.24) is 4.57 Å². The first-order valence-electron chi connectivity index (χ1n) is 10.5. The molecule has 7 nitrogen and oxygen atoms in total. The summed E-state index contributed by atoms with van der Waals surface area (Å²) in [6.07, 6.45) is 1.81. The van der Waals surface area contributed by atoms with Crippen molar-refractivity contribution in [2.24, 2.45) is 4.99 Å². The van der Waals surface area contributed by atoms with Crippen LogP contribution in [-0.2, 0) is 14.3 Å². The van der Waals surface area contributed by atoms with Gasteiger partial charge >= 0.3 is 11.9 Å². The zero-order valence-corrected chi connectivity index (χ0v) is 21.1. The monoisotopic (exact) mass is 540 g/mol. The number of nitrogens with zero attached hydrogens (tertiary/aromatic N) is 2. The molecule has 4 rings (SSSR count). The van der Waals surface area contributed by atoms with Crippen LogP contribution in [-0.4, -0.2) is 23.1 Å². The molecule has 0 spiro atoms. The SMILES string of the molecule is CCOC(=O)C1=C(C)N=c2s/c(=C\c3ccc(Br)cc3)c(=O)n2[C@@H]1c1ccc(OC(C)=O)cc1. The van der Waals surface area contributed by atoms with Gasteiger partial charge < -0.3 is 9.47 Å². The standard InChI is InChI=1S/C25H21BrN2O5S/c1-4-32-24(31)21-14(2)27-25-28(22(21)17-7-11-19(12-8-17)33-15(3)29)23(30)20(34-25)13-16-5-9-18(26)10-6-16/h5-13,22H,4H2,1-3H3/b20-13-/t22-/m1/s1. The molecule has 2 heterocycles. The number of hydrogen-bond acceptors (Lipinski definition) is 7. The molecule has 34 heavy (non-hydrogen) atoms. The number of esters is 2. The Kier molecular flexibility index (Phi) is 6.95. The summed E-state index contributed by atoms with van der Waals surface area (Å²) in [5.41, 5.74) is 2.07. The second kappa shape index (κ2) is 9.90. The maximum atomic E-state index is 13.5. The molecule has 2 aromatic carbocycles. The minimum atomic E-state index is -0.728. The van der Waals surface area contributed by atoms with Gasteiger partial charge in [-0.25, -0.2) is 9.79 Å². The first-order valence-corrected chi connectivity index (χ1v) is 12.1. The number of rotatable bonds is 5. The summed E-state index contributed by atoms with van der Waals surface area (Å²) in [7, 11) is 0. The van der Waals surface area contributed by atoms with Gasteiger partial charge in [0.05, 0.1) is 28.5 Å². The van der Waals surface area contributed by atoms with Crippen LogP contribution in [0.3, 0.4) is 0 Å². The first kappa shape index (κ1) is 23.8. The van der Waals surface area contributed by atoms with Crippen molar-refractivity contribution in [2.75, 3.05) is 6.61 Å². The molecular formula is C25H21BrN2O5S. The molecule has 0 aliphatic carbocycles. The summed E-state index contributed by atoms with van der Waals surface area (Å²) in [5, 5.41) is 0. The molecule has 0 N–H and O–H groups in total. The number of aromatic nitrogens is 1. The number of carbonyl (C=O) groups is 2. The van der Waals surface area contributed by atoms with Crippen molar-refractivity contribution >= 4 is 45.3 Å². The third-order valence-electron chi connectivity index (χ3n) is 5.14. The number of thiazole rings is 1. The van der Waals surface area contributed by atoms with Crippen molar-refractivity contribution in [1.29, 1.82) is 0 Å². The molecule has 1 aliphatic heterocycles. The Hall–Kier alpha value is -3.30. The third kappa shape index (κ3) is 4.80. The van der Waals surface area contributed by atoms with Gasteiger partial charge in [-0.05, 0) is 55.3 Å². The number of benzene rings is 2. The number of carbonyl (C=O) groups excluding carboxylic acids is 2. The predicted octanol–water partition coefficient (Wildman–Crippen LogP) is 3.49. The van der Waals surface area contributed by atoms with E-state index in [2.05, 4.69) is 20.9 Å². The largest absolute Gasteiger partial charge is 0.463 e. The van der Waals surface area contributed by atoms with Gasteiger partial charge in [-0.3, -0.25) is 14.2 Å². The van der Waals surface area contributed by atoms with Gasteiger partial charge in [0.15, 0.2) is 4.80 Å². The Morgan fingerprint density at radius 2 is 1.82 bits per heavy atom. The number of fused-ring (bicyclic) bond motifs is 1. The zero-order chi connectivity index (χ0) is 24.4. The summed E-state index contributed by atoms with van der Waals surface area (Å²) in [5.74, 6) is -0.589. The highest BCUT2D eigenvalue weighted by atomic mass is 79.9. The van der Waals surface area contributed by atoms with E-state index in [4.69, 9.17) is 9.47 Å². The number of ether oxygens (including phenoxy) is 2. The number of allylic oxidation sites excluding steroid dienone is 1. The second-order valence-corrected chi connectivity index (χ2v) is 9.44. The van der Waals surface area contributed by atoms with E-state index in [-0.39, 0.29) is 12.2 Å². The van der Waals surface area contributed by atoms with Crippen molar-refractivity contribution < 1.29 is 19.1 Å². The van der Waals surface area contributed by atoms with E-state index in [1.807, 2.05) is 24.3 Å². The summed E-state index contributed by atoms with van der Waals surface area (Å²) < 4.78 is 13.4. The van der Waals surface area contributed by atoms with Gasteiger partial charge in [-0.15, -0.1) is 0 Å². The quantitative estimate of drug-likeness (QED) is 0.365. The second-order valence-electron chi connectivity index (χ2n) is 7.52. The lowest BCUT2D eigenvalue weighted by atomic mass is 9.96. The van der Waals surface area contributed by atoms with E-state index in [0.29, 0.717) is 31.9 Å². The van der Waals surface area contributed by atoms with Crippen LogP contribution in [0.1, 0.15) is 37.9 Å². The lowest BCUT2D eigenvalue weighted by Crippen LogP contribution is -2.39. The third-order valence-corrected chi connectivity index (χ3v) is 6.65. The summed E-state index contributed by atoms with van der Waals surface area (Å²) in [4.78, 5) is 42.8. The Morgan fingerprint density at radius 3 is 2.44 bits per heavy atom. The molecule has 1 aromatic heterocycles. The van der Waals surface area contributed by atoms with Crippen molar-refractivity contribution in [3.63, 3.8) is 0 Å². The Balaban J connectivity index is 1.89. The molecule has 1 atom stereocenters. The molecule has 0 radical (unpaired) electrons. The Bertz CT molecular complexity index is 1470. The van der Waals surface area contributed by atoms with Gasteiger partial charge in [-0.1, -0.05) is 51.5 Å². The maximum Gasteiger partial charge on any atom is 0.338 e. The van der Waals surface area contributed by atoms with Crippen LogP contribution >= 0.6 is 27.3 Å². The van der Waals surface area contributed by atoms with Crippen LogP contribution in [0, 0.1) is 0 Å². The average Bonchev–Trinajstić information content (AvgIpc) is 3.09. The summed E-state index contributed by atoms with van der Waals surface area (Å²) in [6, 6.07) is 13.6. The molecule has 1 aliphatic rings. The molecule has 0 unspecified atom stereocenters. The van der Waals surface area contributed by atoms with Crippen LogP contribution < -0.4 is 19.6 Å². The molecule has 0 saturated carbocycles. The maximum absolute atomic E-state index is 13.5. The Labute approximate surface area is 207 Å². The van der Waals surface area contributed by atoms with Gasteiger partial charge in [0.25, 0.3) is 5.56 Å². The molecule has 0 bridgehead atoms. The fraction of sp³-hybridized carbons (Fsp3) is 0.200. The normalized spacial score (nSPS) is 15.5. The average molecular weight is 541 g/mol. The highest BCUT2D eigenvalue weighted by molar-refractivity contribution is 9.10. The lowest BCUT2D eigenvalue weighted by Gasteiger charge is -2.24. The number of halogens is 1. The smallest absolute Gasteiger partial charge is 0.338 e. The van der Waals surface area contributed by atoms with Crippen molar-refractivity contribution in [2.45, 2.75) is 26.8 Å². The zero-order valence-electron chi connectivity index (χ0n) is 18.7. The van der Waals surface area contributed by atoms with Crippen LogP contribution in [0.25, 0.3) is 6.08 Å². The van der Waals surface area contributed by atoms with E-state index in [9.17, 15) is 14.4 Å². The minimum absolute atomic E-state index is 0.196. The van der Waals surface area contributed by atoms with Gasteiger partial charge in [0.2, 0.25) is 0 Å². The highest BCUT2D eigenvalue weighted by Gasteiger charge is 2.33. The van der Waals surface area contributed by atoms with E-state index in [1.165, 1.54) is 22.8 Å². The van der Waals surface area contributed by atoms with E-state index in [0.717, 1.165) is 10.0 Å². The first-order chi connectivity index (χ1) is 16.3. The molecule has 0 saturated heterocycles. The topological polar surface area (TPSA) is 87.0 Å². The van der Waals surface area contributed by atoms with Crippen LogP contribution in [0.2, 0.25) is 0 Å². The lowest BCUT2D eigenvalue weighted by molar-refractivity contribution is -0.139. The minimum Gasteiger partial charge on any atom is -0.463 e. The molecule has 0 fully saturated rings. The van der Waals surface area contributed by atoms with Crippen molar-refractivity contribution in [3.8, 4) is 5.75 Å². The molecule has 0 amide bonds. The van der Waals surface area contributed by atoms with Crippen LogP contribution in [0.4, 0.5) is 0 Å². The van der Waals surface area contributed by atoms with Crippen LogP contribution in [0.5, 0.6) is 5.75 Å². The van der Waals surface area contributed by atoms with Crippen molar-refractivity contribution in [3.05, 3.63) is 95.1 Å². The fourth-order valence-corrected chi connectivity index (χ4v) is 5.01. The van der Waals surface area contributed by atoms with E-state index < -0.39 is 18.0 Å². The van der Waals surface area contributed by atoms with E-state index >= 15 is 0 Å². The van der Waals surface area contributed by atoms with Gasteiger partial charge in [0.1, 0.15) is 5.75 Å². The molecule has 3 aromatic rings. The van der Waals surface area contributed by atoms with Crippen LogP contribution in [0.15, 0.2) is 74.1 Å². The molecule has 9 heteroatoms. The molecule has 174 valence electrons. The summed E-state index contributed by atoms with van der Waals surface area (Å²) in [6.45, 7) is 4.98.